The Morgan fingerprint density at radius 1 is 1.26 bits per heavy atom. The molecule has 1 aromatic heterocycles. The molecule has 2 rings (SSSR count). The van der Waals surface area contributed by atoms with Gasteiger partial charge in [-0.1, -0.05) is 39.0 Å². The molecule has 0 radical (unpaired) electrons. The minimum Gasteiger partial charge on any atom is -0.354 e. The highest BCUT2D eigenvalue weighted by Crippen LogP contribution is 2.27. The van der Waals surface area contributed by atoms with Crippen molar-refractivity contribution < 1.29 is 4.79 Å². The van der Waals surface area contributed by atoms with E-state index in [4.69, 9.17) is 0 Å². The summed E-state index contributed by atoms with van der Waals surface area (Å²) in [6.45, 7) is 9.06. The summed E-state index contributed by atoms with van der Waals surface area (Å²) in [5.74, 6) is 0.592. The standard InChI is InChI=1S/C18H24N4O/c1-5-10-19-18-20-11-9-15(21-18)17(23)22-16-13(4)7-6-8-14(16)12(2)3/h6-9,11-12H,5,10H2,1-4H3,(H,22,23)(H,19,20,21). The topological polar surface area (TPSA) is 66.9 Å². The van der Waals surface area contributed by atoms with Crippen LogP contribution >= 0.6 is 0 Å². The molecular formula is C18H24N4O. The van der Waals surface area contributed by atoms with Gasteiger partial charge < -0.3 is 10.6 Å². The fourth-order valence-electron chi connectivity index (χ4n) is 2.33. The van der Waals surface area contributed by atoms with E-state index < -0.39 is 0 Å². The monoisotopic (exact) mass is 312 g/mol. The molecule has 0 atom stereocenters. The molecule has 1 aromatic carbocycles. The molecular weight excluding hydrogens is 288 g/mol. The van der Waals surface area contributed by atoms with Gasteiger partial charge in [0.25, 0.3) is 5.91 Å². The second-order valence-corrected chi connectivity index (χ2v) is 5.84. The number of nitrogens with one attached hydrogen (secondary N) is 2. The number of carbonyl (C=O) groups excluding carboxylic acids is 1. The Morgan fingerprint density at radius 2 is 2.04 bits per heavy atom. The lowest BCUT2D eigenvalue weighted by atomic mass is 9.98. The van der Waals surface area contributed by atoms with Crippen molar-refractivity contribution in [1.82, 2.24) is 9.97 Å². The number of nitrogens with zero attached hydrogens (tertiary/aromatic N) is 2. The second-order valence-electron chi connectivity index (χ2n) is 5.84. The summed E-state index contributed by atoms with van der Waals surface area (Å²) in [5, 5.41) is 6.09. The lowest BCUT2D eigenvalue weighted by Crippen LogP contribution is -2.17. The van der Waals surface area contributed by atoms with Crippen LogP contribution in [0, 0.1) is 6.92 Å². The first kappa shape index (κ1) is 16.9. The van der Waals surface area contributed by atoms with E-state index in [1.165, 1.54) is 0 Å². The summed E-state index contributed by atoms with van der Waals surface area (Å²) in [4.78, 5) is 20.9. The van der Waals surface area contributed by atoms with Gasteiger partial charge in [0.15, 0.2) is 0 Å². The fourth-order valence-corrected chi connectivity index (χ4v) is 2.33. The van der Waals surface area contributed by atoms with Crippen LogP contribution < -0.4 is 10.6 Å². The number of hydrogen-bond acceptors (Lipinski definition) is 4. The number of anilines is 2. The molecule has 0 unspecified atom stereocenters. The third-order valence-electron chi connectivity index (χ3n) is 3.59. The fraction of sp³-hybridized carbons (Fsp3) is 0.389. The van der Waals surface area contributed by atoms with Crippen molar-refractivity contribution >= 4 is 17.5 Å². The molecule has 0 aliphatic rings. The van der Waals surface area contributed by atoms with Crippen LogP contribution in [0.15, 0.2) is 30.5 Å². The molecule has 1 heterocycles. The van der Waals surface area contributed by atoms with Gasteiger partial charge in [0.2, 0.25) is 5.95 Å². The molecule has 1 amide bonds. The first-order valence-electron chi connectivity index (χ1n) is 8.00. The molecule has 23 heavy (non-hydrogen) atoms. The molecule has 0 aliphatic carbocycles. The molecule has 2 N–H and O–H groups in total. The van der Waals surface area contributed by atoms with Crippen LogP contribution in [0.4, 0.5) is 11.6 Å². The van der Waals surface area contributed by atoms with Gasteiger partial charge in [-0.05, 0) is 36.5 Å². The van der Waals surface area contributed by atoms with Gasteiger partial charge in [0.1, 0.15) is 5.69 Å². The molecule has 0 fully saturated rings. The summed E-state index contributed by atoms with van der Waals surface area (Å²) in [6.07, 6.45) is 2.57. The lowest BCUT2D eigenvalue weighted by Gasteiger charge is -2.16. The number of benzene rings is 1. The summed E-state index contributed by atoms with van der Waals surface area (Å²) >= 11 is 0. The van der Waals surface area contributed by atoms with Gasteiger partial charge in [-0.3, -0.25) is 4.79 Å². The lowest BCUT2D eigenvalue weighted by molar-refractivity contribution is 0.102. The summed E-state index contributed by atoms with van der Waals surface area (Å²) < 4.78 is 0. The maximum atomic E-state index is 12.5. The van der Waals surface area contributed by atoms with Crippen LogP contribution in [0.1, 0.15) is 54.7 Å². The molecule has 2 aromatic rings. The van der Waals surface area contributed by atoms with Crippen molar-refractivity contribution in [2.24, 2.45) is 0 Å². The van der Waals surface area contributed by atoms with Gasteiger partial charge >= 0.3 is 0 Å². The van der Waals surface area contributed by atoms with E-state index in [9.17, 15) is 4.79 Å². The van der Waals surface area contributed by atoms with Crippen molar-refractivity contribution in [3.05, 3.63) is 47.3 Å². The Labute approximate surface area is 137 Å². The third-order valence-corrected chi connectivity index (χ3v) is 3.59. The van der Waals surface area contributed by atoms with Crippen LogP contribution in [0.25, 0.3) is 0 Å². The Hall–Kier alpha value is -2.43. The van der Waals surface area contributed by atoms with E-state index in [0.717, 1.165) is 29.8 Å². The normalized spacial score (nSPS) is 10.7. The molecule has 5 heteroatoms. The van der Waals surface area contributed by atoms with Gasteiger partial charge in [0.05, 0.1) is 0 Å². The highest BCUT2D eigenvalue weighted by atomic mass is 16.1. The van der Waals surface area contributed by atoms with Crippen molar-refractivity contribution in [1.29, 1.82) is 0 Å². The van der Waals surface area contributed by atoms with E-state index in [-0.39, 0.29) is 5.91 Å². The average Bonchev–Trinajstić information content (AvgIpc) is 2.54. The van der Waals surface area contributed by atoms with Gasteiger partial charge in [-0.15, -0.1) is 0 Å². The predicted octanol–water partition coefficient (Wildman–Crippen LogP) is 3.98. The maximum Gasteiger partial charge on any atom is 0.274 e. The van der Waals surface area contributed by atoms with Gasteiger partial charge in [-0.25, -0.2) is 9.97 Å². The van der Waals surface area contributed by atoms with E-state index >= 15 is 0 Å². The zero-order valence-electron chi connectivity index (χ0n) is 14.2. The van der Waals surface area contributed by atoms with Crippen molar-refractivity contribution in [2.75, 3.05) is 17.2 Å². The Morgan fingerprint density at radius 3 is 2.74 bits per heavy atom. The van der Waals surface area contributed by atoms with Crippen molar-refractivity contribution in [2.45, 2.75) is 40.0 Å². The quantitative estimate of drug-likeness (QED) is 0.846. The van der Waals surface area contributed by atoms with E-state index in [1.807, 2.05) is 25.1 Å². The first-order valence-corrected chi connectivity index (χ1v) is 8.00. The average molecular weight is 312 g/mol. The molecule has 122 valence electrons. The van der Waals surface area contributed by atoms with E-state index in [0.29, 0.717) is 17.6 Å². The van der Waals surface area contributed by atoms with Crippen LogP contribution in [-0.2, 0) is 0 Å². The Balaban J connectivity index is 2.23. The smallest absolute Gasteiger partial charge is 0.274 e. The SMILES string of the molecule is CCCNc1nccc(C(=O)Nc2c(C)cccc2C(C)C)n1. The number of aromatic nitrogens is 2. The Kier molecular flexibility index (Phi) is 5.68. The van der Waals surface area contributed by atoms with Gasteiger partial charge in [0, 0.05) is 18.4 Å². The highest BCUT2D eigenvalue weighted by Gasteiger charge is 2.14. The van der Waals surface area contributed by atoms with Gasteiger partial charge in [-0.2, -0.15) is 0 Å². The summed E-state index contributed by atoms with van der Waals surface area (Å²) in [6, 6.07) is 7.68. The van der Waals surface area contributed by atoms with E-state index in [2.05, 4.69) is 41.4 Å². The minimum atomic E-state index is -0.219. The zero-order chi connectivity index (χ0) is 16.8. The number of carbonyl (C=O) groups is 1. The molecule has 0 spiro atoms. The van der Waals surface area contributed by atoms with E-state index in [1.54, 1.807) is 12.3 Å². The molecule has 0 saturated heterocycles. The third kappa shape index (κ3) is 4.28. The predicted molar refractivity (Wildman–Crippen MR) is 94.0 cm³/mol. The largest absolute Gasteiger partial charge is 0.354 e. The summed E-state index contributed by atoms with van der Waals surface area (Å²) in [7, 11) is 0. The van der Waals surface area contributed by atoms with Crippen molar-refractivity contribution in [3.8, 4) is 0 Å². The molecule has 0 saturated carbocycles. The molecule has 0 aliphatic heterocycles. The van der Waals surface area contributed by atoms with Crippen LogP contribution in [0.5, 0.6) is 0 Å². The maximum absolute atomic E-state index is 12.5. The number of amides is 1. The van der Waals surface area contributed by atoms with Crippen LogP contribution in [0.3, 0.4) is 0 Å². The highest BCUT2D eigenvalue weighted by molar-refractivity contribution is 6.03. The number of rotatable bonds is 6. The summed E-state index contributed by atoms with van der Waals surface area (Å²) in [5.41, 5.74) is 3.39. The zero-order valence-corrected chi connectivity index (χ0v) is 14.2. The number of aryl methyl sites for hydroxylation is 1. The molecule has 5 nitrogen and oxygen atoms in total. The van der Waals surface area contributed by atoms with Crippen molar-refractivity contribution in [3.63, 3.8) is 0 Å². The minimum absolute atomic E-state index is 0.219. The Bertz CT molecular complexity index is 682. The number of para-hydroxylation sites is 1. The van der Waals surface area contributed by atoms with Crippen LogP contribution in [-0.4, -0.2) is 22.4 Å². The number of hydrogen-bond donors (Lipinski definition) is 2. The molecule has 0 bridgehead atoms. The first-order chi connectivity index (χ1) is 11.0. The van der Waals surface area contributed by atoms with Crippen LogP contribution in [0.2, 0.25) is 0 Å². The second kappa shape index (κ2) is 7.72.